The molecule has 1 fully saturated rings. The van der Waals surface area contributed by atoms with Gasteiger partial charge in [-0.2, -0.15) is 0 Å². The topological polar surface area (TPSA) is 50.8 Å². The highest BCUT2D eigenvalue weighted by Gasteiger charge is 2.20. The van der Waals surface area contributed by atoms with Crippen LogP contribution in [0.5, 0.6) is 0 Å². The van der Waals surface area contributed by atoms with Crippen LogP contribution in [-0.4, -0.2) is 43.4 Å². The summed E-state index contributed by atoms with van der Waals surface area (Å²) < 4.78 is 0. The number of quaternary nitrogens is 1. The number of piperazine rings is 1. The average Bonchev–Trinajstić information content (AvgIpc) is 2.64. The van der Waals surface area contributed by atoms with E-state index in [4.69, 9.17) is 11.6 Å². The fourth-order valence-electron chi connectivity index (χ4n) is 2.96. The van der Waals surface area contributed by atoms with Crippen LogP contribution in [0.1, 0.15) is 0 Å². The van der Waals surface area contributed by atoms with Gasteiger partial charge in [0.05, 0.1) is 37.6 Å². The molecular formula is C18H21ClN3O2S+. The fourth-order valence-corrected chi connectivity index (χ4v) is 4.04. The summed E-state index contributed by atoms with van der Waals surface area (Å²) in [5.41, 5.74) is 1.22. The Kier molecular flexibility index (Phi) is 6.18. The van der Waals surface area contributed by atoms with Gasteiger partial charge in [0.2, 0.25) is 0 Å². The third-order valence-electron chi connectivity index (χ3n) is 4.43. The van der Waals surface area contributed by atoms with Crippen LogP contribution >= 0.6 is 23.4 Å². The summed E-state index contributed by atoms with van der Waals surface area (Å²) in [7, 11) is 0. The van der Waals surface area contributed by atoms with Gasteiger partial charge in [-0.15, -0.1) is 11.8 Å². The second kappa shape index (κ2) is 8.56. The van der Waals surface area contributed by atoms with Crippen molar-refractivity contribution in [2.24, 2.45) is 0 Å². The van der Waals surface area contributed by atoms with Crippen LogP contribution in [0.3, 0.4) is 0 Å². The number of benzene rings is 2. The predicted molar refractivity (Wildman–Crippen MR) is 103 cm³/mol. The maximum atomic E-state index is 10.7. The van der Waals surface area contributed by atoms with E-state index in [1.54, 1.807) is 17.0 Å². The molecule has 5 nitrogen and oxygen atoms in total. The van der Waals surface area contributed by atoms with E-state index in [-0.39, 0.29) is 10.6 Å². The molecule has 1 heterocycles. The largest absolute Gasteiger partial charge is 0.360 e. The Bertz CT molecular complexity index is 701. The number of hydrogen-bond donors (Lipinski definition) is 1. The predicted octanol–water partition coefficient (Wildman–Crippen LogP) is 2.75. The van der Waals surface area contributed by atoms with Gasteiger partial charge in [0.1, 0.15) is 0 Å². The Morgan fingerprint density at radius 2 is 1.72 bits per heavy atom. The fraction of sp³-hybridized carbons (Fsp3) is 0.333. The van der Waals surface area contributed by atoms with Gasteiger partial charge in [-0.05, 0) is 36.4 Å². The normalized spacial score (nSPS) is 15.3. The van der Waals surface area contributed by atoms with Gasteiger partial charge in [-0.25, -0.2) is 0 Å². The summed E-state index contributed by atoms with van der Waals surface area (Å²) in [4.78, 5) is 15.5. The summed E-state index contributed by atoms with van der Waals surface area (Å²) in [6.07, 6.45) is 0. The molecule has 1 saturated heterocycles. The molecule has 0 bridgehead atoms. The second-order valence-electron chi connectivity index (χ2n) is 6.06. The molecule has 0 saturated carbocycles. The molecule has 1 aliphatic rings. The van der Waals surface area contributed by atoms with E-state index in [0.29, 0.717) is 0 Å². The van der Waals surface area contributed by atoms with Crippen LogP contribution in [0.4, 0.5) is 11.4 Å². The maximum Gasteiger partial charge on any atom is 0.269 e. The lowest BCUT2D eigenvalue weighted by Gasteiger charge is -2.33. The first kappa shape index (κ1) is 18.0. The van der Waals surface area contributed by atoms with Crippen LogP contribution in [0.15, 0.2) is 53.4 Å². The molecule has 0 spiro atoms. The minimum Gasteiger partial charge on any atom is -0.360 e. The maximum absolute atomic E-state index is 10.7. The third-order valence-corrected chi connectivity index (χ3v) is 5.70. The van der Waals surface area contributed by atoms with Crippen molar-refractivity contribution in [1.82, 2.24) is 0 Å². The van der Waals surface area contributed by atoms with Crippen molar-refractivity contribution in [3.8, 4) is 0 Å². The van der Waals surface area contributed by atoms with Crippen molar-refractivity contribution in [2.75, 3.05) is 43.4 Å². The molecule has 3 rings (SSSR count). The van der Waals surface area contributed by atoms with Crippen LogP contribution in [0.25, 0.3) is 0 Å². The molecule has 1 aliphatic heterocycles. The quantitative estimate of drug-likeness (QED) is 0.477. The summed E-state index contributed by atoms with van der Waals surface area (Å²) >= 11 is 7.77. The van der Waals surface area contributed by atoms with Crippen molar-refractivity contribution in [3.05, 3.63) is 63.7 Å². The molecule has 0 unspecified atom stereocenters. The summed E-state index contributed by atoms with van der Waals surface area (Å²) in [5, 5.41) is 11.5. The van der Waals surface area contributed by atoms with Gasteiger partial charge >= 0.3 is 0 Å². The van der Waals surface area contributed by atoms with Crippen LogP contribution in [0.2, 0.25) is 5.02 Å². The Labute approximate surface area is 156 Å². The first-order chi connectivity index (χ1) is 12.1. The van der Waals surface area contributed by atoms with Gasteiger partial charge < -0.3 is 9.80 Å². The van der Waals surface area contributed by atoms with E-state index in [0.717, 1.165) is 49.2 Å². The molecule has 0 amide bonds. The van der Waals surface area contributed by atoms with Gasteiger partial charge in [0, 0.05) is 33.5 Å². The van der Waals surface area contributed by atoms with E-state index in [1.807, 2.05) is 36.0 Å². The van der Waals surface area contributed by atoms with Crippen LogP contribution in [-0.2, 0) is 0 Å². The summed E-state index contributed by atoms with van der Waals surface area (Å²) in [6.45, 7) is 5.30. The number of thioether (sulfide) groups is 1. The van der Waals surface area contributed by atoms with E-state index in [1.165, 1.54) is 4.90 Å². The molecule has 2 aromatic carbocycles. The van der Waals surface area contributed by atoms with Crippen molar-refractivity contribution in [3.63, 3.8) is 0 Å². The van der Waals surface area contributed by atoms with Gasteiger partial charge in [0.25, 0.3) is 5.69 Å². The first-order valence-corrected chi connectivity index (χ1v) is 9.69. The Morgan fingerprint density at radius 3 is 2.32 bits per heavy atom. The number of nitrogens with zero attached hydrogens (tertiary/aromatic N) is 2. The number of halogens is 1. The van der Waals surface area contributed by atoms with Gasteiger partial charge in [-0.3, -0.25) is 10.1 Å². The highest BCUT2D eigenvalue weighted by molar-refractivity contribution is 7.99. The lowest BCUT2D eigenvalue weighted by Crippen LogP contribution is -3.15. The molecule has 2 aromatic rings. The standard InChI is InChI=1S/C18H20ClN3O2S/c19-15-1-7-18(8-2-15)25-14-13-20-9-11-21(12-10-20)16-3-5-17(6-4-16)22(23)24/h1-8H,9-14H2/p+1. The van der Waals surface area contributed by atoms with Crippen LogP contribution in [0, 0.1) is 10.1 Å². The van der Waals surface area contributed by atoms with Crippen molar-refractivity contribution in [2.45, 2.75) is 4.90 Å². The molecular weight excluding hydrogens is 358 g/mol. The Morgan fingerprint density at radius 1 is 1.08 bits per heavy atom. The molecule has 0 aliphatic carbocycles. The van der Waals surface area contributed by atoms with Gasteiger partial charge in [-0.1, -0.05) is 11.6 Å². The smallest absolute Gasteiger partial charge is 0.269 e. The zero-order valence-corrected chi connectivity index (χ0v) is 15.4. The first-order valence-electron chi connectivity index (χ1n) is 8.33. The van der Waals surface area contributed by atoms with Crippen LogP contribution < -0.4 is 9.80 Å². The minimum absolute atomic E-state index is 0.146. The zero-order chi connectivity index (χ0) is 17.6. The SMILES string of the molecule is O=[N+]([O-])c1ccc(N2CC[NH+](CCSc3ccc(Cl)cc3)CC2)cc1. The van der Waals surface area contributed by atoms with Crippen molar-refractivity contribution >= 4 is 34.7 Å². The second-order valence-corrected chi connectivity index (χ2v) is 7.67. The molecule has 7 heteroatoms. The number of non-ortho nitro benzene ring substituents is 1. The number of hydrogen-bond acceptors (Lipinski definition) is 4. The average molecular weight is 379 g/mol. The molecule has 25 heavy (non-hydrogen) atoms. The molecule has 132 valence electrons. The molecule has 0 radical (unpaired) electrons. The number of nitro benzene ring substituents is 1. The van der Waals surface area contributed by atoms with Crippen molar-refractivity contribution < 1.29 is 9.82 Å². The Hall–Kier alpha value is -1.76. The number of anilines is 1. The number of nitro groups is 1. The third kappa shape index (κ3) is 5.11. The number of nitrogens with one attached hydrogen (secondary N) is 1. The lowest BCUT2D eigenvalue weighted by atomic mass is 10.2. The van der Waals surface area contributed by atoms with E-state index in [2.05, 4.69) is 17.0 Å². The zero-order valence-electron chi connectivity index (χ0n) is 13.9. The van der Waals surface area contributed by atoms with E-state index < -0.39 is 0 Å². The highest BCUT2D eigenvalue weighted by Crippen LogP contribution is 2.20. The summed E-state index contributed by atoms with van der Waals surface area (Å²) in [6, 6.07) is 14.8. The highest BCUT2D eigenvalue weighted by atomic mass is 35.5. The lowest BCUT2D eigenvalue weighted by molar-refractivity contribution is -0.898. The van der Waals surface area contributed by atoms with Gasteiger partial charge in [0.15, 0.2) is 0 Å². The van der Waals surface area contributed by atoms with Crippen molar-refractivity contribution in [1.29, 1.82) is 0 Å². The summed E-state index contributed by atoms with van der Waals surface area (Å²) in [5.74, 6) is 1.09. The molecule has 1 N–H and O–H groups in total. The molecule has 0 atom stereocenters. The van der Waals surface area contributed by atoms with E-state index in [9.17, 15) is 10.1 Å². The molecule has 0 aromatic heterocycles. The number of rotatable bonds is 6. The minimum atomic E-state index is -0.357. The van der Waals surface area contributed by atoms with E-state index >= 15 is 0 Å². The Balaban J connectivity index is 1.42. The monoisotopic (exact) mass is 378 g/mol.